The normalized spacial score (nSPS) is 14.4. The van der Waals surface area contributed by atoms with Gasteiger partial charge in [-0.05, 0) is 55.5 Å². The molecule has 2 heterocycles. The largest absolute Gasteiger partial charge is 0.337 e. The fourth-order valence-corrected chi connectivity index (χ4v) is 5.44. The molecule has 0 fully saturated rings. The highest BCUT2D eigenvalue weighted by Gasteiger charge is 2.26. The van der Waals surface area contributed by atoms with Gasteiger partial charge in [0.2, 0.25) is 11.0 Å². The van der Waals surface area contributed by atoms with Crippen molar-refractivity contribution >= 4 is 39.8 Å². The summed E-state index contributed by atoms with van der Waals surface area (Å²) in [5, 5.41) is 12.4. The molecule has 1 atom stereocenters. The Kier molecular flexibility index (Phi) is 5.87. The van der Waals surface area contributed by atoms with E-state index in [1.165, 1.54) is 45.4 Å². The van der Waals surface area contributed by atoms with Crippen LogP contribution in [-0.4, -0.2) is 32.8 Å². The van der Waals surface area contributed by atoms with Crippen molar-refractivity contribution < 1.29 is 4.79 Å². The maximum absolute atomic E-state index is 12.9. The monoisotopic (exact) mass is 424 g/mol. The highest BCUT2D eigenvalue weighted by molar-refractivity contribution is 8.02. The van der Waals surface area contributed by atoms with Gasteiger partial charge in [0.25, 0.3) is 0 Å². The average Bonchev–Trinajstić information content (AvgIpc) is 3.17. The Morgan fingerprint density at radius 3 is 2.76 bits per heavy atom. The first-order valence-electron chi connectivity index (χ1n) is 9.70. The number of carbonyl (C=O) groups excluding carboxylic acids is 1. The molecular weight excluding hydrogens is 400 g/mol. The summed E-state index contributed by atoms with van der Waals surface area (Å²) in [5.41, 5.74) is 6.07. The fourth-order valence-electron chi connectivity index (χ4n) is 3.45. The van der Waals surface area contributed by atoms with Crippen LogP contribution in [0.25, 0.3) is 0 Å². The first-order valence-corrected chi connectivity index (χ1v) is 11.4. The summed E-state index contributed by atoms with van der Waals surface area (Å²) < 4.78 is 0.802. The minimum atomic E-state index is -0.193. The van der Waals surface area contributed by atoms with Gasteiger partial charge in [0.15, 0.2) is 4.34 Å². The fraction of sp³-hybridized carbons (Fsp3) is 0.318. The van der Waals surface area contributed by atoms with Gasteiger partial charge in [0.1, 0.15) is 0 Å². The molecule has 0 saturated carbocycles. The molecule has 1 aliphatic rings. The molecule has 5 nitrogen and oxygen atoms in total. The molecule has 2 aromatic carbocycles. The number of aromatic nitrogens is 2. The van der Waals surface area contributed by atoms with E-state index in [2.05, 4.69) is 53.6 Å². The minimum absolute atomic E-state index is 0.156. The third kappa shape index (κ3) is 4.46. The maximum atomic E-state index is 12.9. The summed E-state index contributed by atoms with van der Waals surface area (Å²) in [6, 6.07) is 14.5. The maximum Gasteiger partial charge on any atom is 0.236 e. The van der Waals surface area contributed by atoms with Gasteiger partial charge in [-0.15, -0.1) is 10.2 Å². The number of amides is 1. The number of nitrogens with one attached hydrogen (secondary N) is 1. The van der Waals surface area contributed by atoms with Gasteiger partial charge in [-0.3, -0.25) is 4.79 Å². The number of anilines is 2. The van der Waals surface area contributed by atoms with Crippen LogP contribution in [-0.2, 0) is 17.8 Å². The molecule has 7 heteroatoms. The summed E-state index contributed by atoms with van der Waals surface area (Å²) >= 11 is 2.96. The summed E-state index contributed by atoms with van der Waals surface area (Å²) in [6.07, 6.45) is 0.919. The number of fused-ring (bicyclic) bond motifs is 1. The third-order valence-corrected chi connectivity index (χ3v) is 7.33. The lowest BCUT2D eigenvalue weighted by Crippen LogP contribution is -2.40. The van der Waals surface area contributed by atoms with Crippen molar-refractivity contribution in [2.45, 2.75) is 43.3 Å². The molecule has 1 N–H and O–H groups in total. The van der Waals surface area contributed by atoms with Gasteiger partial charge in [0, 0.05) is 18.8 Å². The number of rotatable bonds is 5. The predicted molar refractivity (Wildman–Crippen MR) is 120 cm³/mol. The quantitative estimate of drug-likeness (QED) is 0.587. The van der Waals surface area contributed by atoms with Gasteiger partial charge in [-0.2, -0.15) is 0 Å². The molecule has 4 rings (SSSR count). The van der Waals surface area contributed by atoms with E-state index in [-0.39, 0.29) is 11.2 Å². The van der Waals surface area contributed by atoms with Crippen molar-refractivity contribution in [3.63, 3.8) is 0 Å². The average molecular weight is 425 g/mol. The molecule has 0 aliphatic carbocycles. The number of thioether (sulfide) groups is 1. The van der Waals surface area contributed by atoms with Crippen molar-refractivity contribution in [2.75, 3.05) is 11.9 Å². The summed E-state index contributed by atoms with van der Waals surface area (Å²) in [5.74, 6) is 0.156. The third-order valence-electron chi connectivity index (χ3n) is 5.32. The first kappa shape index (κ1) is 19.9. The number of benzene rings is 2. The number of nitrogens with zero attached hydrogens (tertiary/aromatic N) is 3. The molecule has 1 amide bonds. The molecule has 0 radical (unpaired) electrons. The molecule has 29 heavy (non-hydrogen) atoms. The van der Waals surface area contributed by atoms with Gasteiger partial charge in [-0.1, -0.05) is 59.5 Å². The van der Waals surface area contributed by atoms with Crippen molar-refractivity contribution in [3.8, 4) is 0 Å². The standard InChI is InChI=1S/C22H24N4OS2/c1-14-7-6-10-19(15(14)2)23-21-24-25-22(29-21)28-16(3)20(27)26-12-11-17-8-4-5-9-18(17)13-26/h4-10,16H,11-13H2,1-3H3,(H,23,24)/t16-/m1/s1. The lowest BCUT2D eigenvalue weighted by molar-refractivity contribution is -0.131. The zero-order valence-corrected chi connectivity index (χ0v) is 18.4. The van der Waals surface area contributed by atoms with Gasteiger partial charge < -0.3 is 10.2 Å². The molecule has 0 spiro atoms. The second-order valence-electron chi connectivity index (χ2n) is 7.28. The highest BCUT2D eigenvalue weighted by Crippen LogP contribution is 2.32. The number of hydrogen-bond acceptors (Lipinski definition) is 6. The molecule has 0 unspecified atom stereocenters. The van der Waals surface area contributed by atoms with Crippen LogP contribution >= 0.6 is 23.1 Å². The summed E-state index contributed by atoms with van der Waals surface area (Å²) in [7, 11) is 0. The van der Waals surface area contributed by atoms with E-state index in [1.807, 2.05) is 30.0 Å². The molecule has 1 aliphatic heterocycles. The lowest BCUT2D eigenvalue weighted by atomic mass is 10.00. The van der Waals surface area contributed by atoms with Crippen LogP contribution in [0, 0.1) is 13.8 Å². The van der Waals surface area contributed by atoms with Crippen molar-refractivity contribution in [3.05, 3.63) is 64.7 Å². The Bertz CT molecular complexity index is 1030. The molecule has 1 aromatic heterocycles. The van der Waals surface area contributed by atoms with E-state index in [4.69, 9.17) is 0 Å². The van der Waals surface area contributed by atoms with E-state index in [9.17, 15) is 4.79 Å². The van der Waals surface area contributed by atoms with Crippen LogP contribution in [0.3, 0.4) is 0 Å². The summed E-state index contributed by atoms with van der Waals surface area (Å²) in [4.78, 5) is 14.9. The van der Waals surface area contributed by atoms with Crippen LogP contribution in [0.1, 0.15) is 29.2 Å². The Labute approximate surface area is 179 Å². The number of aryl methyl sites for hydroxylation is 1. The van der Waals surface area contributed by atoms with Gasteiger partial charge in [-0.25, -0.2) is 0 Å². The molecule has 3 aromatic rings. The van der Waals surface area contributed by atoms with Crippen molar-refractivity contribution in [2.24, 2.45) is 0 Å². The summed E-state index contributed by atoms with van der Waals surface area (Å²) in [6.45, 7) is 7.60. The van der Waals surface area contributed by atoms with Crippen LogP contribution < -0.4 is 5.32 Å². The highest BCUT2D eigenvalue weighted by atomic mass is 32.2. The van der Waals surface area contributed by atoms with Crippen LogP contribution in [0.4, 0.5) is 10.8 Å². The Morgan fingerprint density at radius 2 is 1.93 bits per heavy atom. The SMILES string of the molecule is Cc1cccc(Nc2nnc(S[C@H](C)C(=O)N3CCc4ccccc4C3)s2)c1C. The Morgan fingerprint density at radius 1 is 1.14 bits per heavy atom. The van der Waals surface area contributed by atoms with Crippen molar-refractivity contribution in [1.29, 1.82) is 0 Å². The Hall–Kier alpha value is -2.38. The smallest absolute Gasteiger partial charge is 0.236 e. The zero-order valence-electron chi connectivity index (χ0n) is 16.8. The van der Waals surface area contributed by atoms with E-state index >= 15 is 0 Å². The number of hydrogen-bond donors (Lipinski definition) is 1. The van der Waals surface area contributed by atoms with Crippen LogP contribution in [0.2, 0.25) is 0 Å². The second-order valence-corrected chi connectivity index (χ2v) is 9.85. The van der Waals surface area contributed by atoms with E-state index in [0.29, 0.717) is 6.54 Å². The Balaban J connectivity index is 1.38. The minimum Gasteiger partial charge on any atom is -0.337 e. The van der Waals surface area contributed by atoms with Gasteiger partial charge >= 0.3 is 0 Å². The topological polar surface area (TPSA) is 58.1 Å². The molecule has 0 saturated heterocycles. The second kappa shape index (κ2) is 8.55. The van der Waals surface area contributed by atoms with Gasteiger partial charge in [0.05, 0.1) is 5.25 Å². The number of carbonyl (C=O) groups is 1. The van der Waals surface area contributed by atoms with E-state index in [1.54, 1.807) is 0 Å². The van der Waals surface area contributed by atoms with Crippen LogP contribution in [0.15, 0.2) is 46.8 Å². The van der Waals surface area contributed by atoms with E-state index in [0.717, 1.165) is 28.1 Å². The zero-order chi connectivity index (χ0) is 20.4. The molecular formula is C22H24N4OS2. The van der Waals surface area contributed by atoms with E-state index < -0.39 is 0 Å². The first-order chi connectivity index (χ1) is 14.0. The molecule has 150 valence electrons. The predicted octanol–water partition coefficient (Wildman–Crippen LogP) is 4.96. The van der Waals surface area contributed by atoms with Crippen LogP contribution in [0.5, 0.6) is 0 Å². The molecule has 0 bridgehead atoms. The van der Waals surface area contributed by atoms with Crippen molar-refractivity contribution in [1.82, 2.24) is 15.1 Å². The lowest BCUT2D eigenvalue weighted by Gasteiger charge is -2.30.